The highest BCUT2D eigenvalue weighted by molar-refractivity contribution is 5.84. The highest BCUT2D eigenvalue weighted by atomic mass is 16.4. The van der Waals surface area contributed by atoms with E-state index in [4.69, 9.17) is 5.11 Å². The Labute approximate surface area is 125 Å². The molecule has 1 saturated heterocycles. The Morgan fingerprint density at radius 1 is 1.38 bits per heavy atom. The van der Waals surface area contributed by atoms with Crippen LogP contribution in [0.2, 0.25) is 0 Å². The van der Waals surface area contributed by atoms with Crippen molar-refractivity contribution in [3.63, 3.8) is 0 Å². The predicted molar refractivity (Wildman–Crippen MR) is 77.9 cm³/mol. The van der Waals surface area contributed by atoms with Crippen LogP contribution >= 0.6 is 0 Å². The van der Waals surface area contributed by atoms with Gasteiger partial charge < -0.3 is 20.2 Å². The number of nitrogens with one attached hydrogen (secondary N) is 1. The largest absolute Gasteiger partial charge is 0.481 e. The maximum atomic E-state index is 12.5. The molecule has 1 fully saturated rings. The SMILES string of the molecule is CNC(=O)C1(C)CCN(C(=O)N(CCC(=O)O)C(C)C)C1. The van der Waals surface area contributed by atoms with Gasteiger partial charge in [0.1, 0.15) is 0 Å². The fraction of sp³-hybridized carbons (Fsp3) is 0.786. The Bertz CT molecular complexity index is 424. The minimum absolute atomic E-state index is 0.0700. The van der Waals surface area contributed by atoms with E-state index in [-0.39, 0.29) is 30.9 Å². The lowest BCUT2D eigenvalue weighted by atomic mass is 9.89. The molecule has 7 heteroatoms. The van der Waals surface area contributed by atoms with Gasteiger partial charge in [-0.15, -0.1) is 0 Å². The first kappa shape index (κ1) is 17.3. The van der Waals surface area contributed by atoms with Crippen molar-refractivity contribution in [1.82, 2.24) is 15.1 Å². The smallest absolute Gasteiger partial charge is 0.320 e. The molecule has 1 aliphatic heterocycles. The number of carboxylic acids is 1. The number of nitrogens with zero attached hydrogens (tertiary/aromatic N) is 2. The molecule has 0 saturated carbocycles. The van der Waals surface area contributed by atoms with Crippen LogP contribution in [0.15, 0.2) is 0 Å². The standard InChI is InChI=1S/C14H25N3O4/c1-10(2)17(7-5-11(18)19)13(21)16-8-6-14(3,9-16)12(20)15-4/h10H,5-9H2,1-4H3,(H,15,20)(H,18,19). The molecule has 0 aromatic rings. The summed E-state index contributed by atoms with van der Waals surface area (Å²) in [4.78, 5) is 38.3. The van der Waals surface area contributed by atoms with Crippen LogP contribution in [-0.4, -0.2) is 65.5 Å². The molecule has 1 aliphatic rings. The highest BCUT2D eigenvalue weighted by Gasteiger charge is 2.42. The van der Waals surface area contributed by atoms with Crippen molar-refractivity contribution in [2.24, 2.45) is 5.41 Å². The van der Waals surface area contributed by atoms with Crippen LogP contribution in [0.25, 0.3) is 0 Å². The summed E-state index contributed by atoms with van der Waals surface area (Å²) in [5, 5.41) is 11.4. The van der Waals surface area contributed by atoms with Crippen molar-refractivity contribution >= 4 is 17.9 Å². The van der Waals surface area contributed by atoms with Crippen LogP contribution in [-0.2, 0) is 9.59 Å². The van der Waals surface area contributed by atoms with E-state index in [0.29, 0.717) is 19.5 Å². The monoisotopic (exact) mass is 299 g/mol. The van der Waals surface area contributed by atoms with Gasteiger partial charge in [-0.05, 0) is 27.2 Å². The zero-order valence-corrected chi connectivity index (χ0v) is 13.2. The lowest BCUT2D eigenvalue weighted by molar-refractivity contribution is -0.137. The molecule has 120 valence electrons. The van der Waals surface area contributed by atoms with Gasteiger partial charge in [-0.3, -0.25) is 9.59 Å². The summed E-state index contributed by atoms with van der Waals surface area (Å²) < 4.78 is 0. The second-order valence-corrected chi connectivity index (χ2v) is 6.02. The number of likely N-dealkylation sites (tertiary alicyclic amines) is 1. The van der Waals surface area contributed by atoms with E-state index in [1.165, 1.54) is 0 Å². The van der Waals surface area contributed by atoms with Crippen molar-refractivity contribution in [2.75, 3.05) is 26.7 Å². The van der Waals surface area contributed by atoms with Crippen LogP contribution in [0.4, 0.5) is 4.79 Å². The second-order valence-electron chi connectivity index (χ2n) is 6.02. The maximum Gasteiger partial charge on any atom is 0.320 e. The van der Waals surface area contributed by atoms with Crippen LogP contribution in [0.3, 0.4) is 0 Å². The predicted octanol–water partition coefficient (Wildman–Crippen LogP) is 0.750. The number of hydrogen-bond donors (Lipinski definition) is 2. The molecule has 1 heterocycles. The molecule has 0 aromatic carbocycles. The van der Waals surface area contributed by atoms with Crippen molar-refractivity contribution in [3.8, 4) is 0 Å². The average molecular weight is 299 g/mol. The third-order valence-electron chi connectivity index (χ3n) is 3.95. The van der Waals surface area contributed by atoms with E-state index in [1.54, 1.807) is 16.8 Å². The fourth-order valence-corrected chi connectivity index (χ4v) is 2.58. The minimum atomic E-state index is -0.926. The Kier molecular flexibility index (Phi) is 5.57. The normalized spacial score (nSPS) is 21.5. The quantitative estimate of drug-likeness (QED) is 0.784. The molecule has 3 amide bonds. The summed E-state index contributed by atoms with van der Waals surface area (Å²) in [5.41, 5.74) is -0.570. The summed E-state index contributed by atoms with van der Waals surface area (Å²) >= 11 is 0. The average Bonchev–Trinajstić information content (AvgIpc) is 2.81. The zero-order chi connectivity index (χ0) is 16.2. The third kappa shape index (κ3) is 4.09. The number of amides is 3. The molecule has 0 radical (unpaired) electrons. The van der Waals surface area contributed by atoms with Gasteiger partial charge in [-0.1, -0.05) is 0 Å². The van der Waals surface area contributed by atoms with Crippen molar-refractivity contribution in [2.45, 2.75) is 39.7 Å². The molecule has 0 bridgehead atoms. The number of rotatable bonds is 5. The van der Waals surface area contributed by atoms with Crippen molar-refractivity contribution in [3.05, 3.63) is 0 Å². The second kappa shape index (κ2) is 6.78. The molecule has 1 rings (SSSR count). The first-order chi connectivity index (χ1) is 9.71. The van der Waals surface area contributed by atoms with Gasteiger partial charge in [0.25, 0.3) is 0 Å². The summed E-state index contributed by atoms with van der Waals surface area (Å²) in [5.74, 6) is -0.996. The lowest BCUT2D eigenvalue weighted by Crippen LogP contribution is -2.48. The highest BCUT2D eigenvalue weighted by Crippen LogP contribution is 2.30. The first-order valence-electron chi connectivity index (χ1n) is 7.21. The molecule has 0 aliphatic carbocycles. The van der Waals surface area contributed by atoms with E-state index < -0.39 is 11.4 Å². The van der Waals surface area contributed by atoms with Crippen LogP contribution < -0.4 is 5.32 Å². The molecule has 0 aromatic heterocycles. The van der Waals surface area contributed by atoms with Gasteiger partial charge in [-0.2, -0.15) is 0 Å². The van der Waals surface area contributed by atoms with Gasteiger partial charge in [0.05, 0.1) is 11.8 Å². The molecular formula is C14H25N3O4. The fourth-order valence-electron chi connectivity index (χ4n) is 2.58. The zero-order valence-electron chi connectivity index (χ0n) is 13.2. The minimum Gasteiger partial charge on any atom is -0.481 e. The van der Waals surface area contributed by atoms with E-state index in [0.717, 1.165) is 0 Å². The maximum absolute atomic E-state index is 12.5. The number of carboxylic acid groups (broad SMARTS) is 1. The molecule has 7 nitrogen and oxygen atoms in total. The summed E-state index contributed by atoms with van der Waals surface area (Å²) in [7, 11) is 1.59. The Morgan fingerprint density at radius 2 is 2.00 bits per heavy atom. The van der Waals surface area contributed by atoms with Crippen LogP contribution in [0.5, 0.6) is 0 Å². The number of hydrogen-bond acceptors (Lipinski definition) is 3. The Balaban J connectivity index is 2.73. The molecule has 0 spiro atoms. The lowest BCUT2D eigenvalue weighted by Gasteiger charge is -2.31. The Morgan fingerprint density at radius 3 is 2.48 bits per heavy atom. The molecular weight excluding hydrogens is 274 g/mol. The van der Waals surface area contributed by atoms with Crippen LogP contribution in [0, 0.1) is 5.41 Å². The molecule has 2 N–H and O–H groups in total. The van der Waals surface area contributed by atoms with Gasteiger partial charge >= 0.3 is 12.0 Å². The van der Waals surface area contributed by atoms with E-state index in [9.17, 15) is 14.4 Å². The number of carbonyl (C=O) groups is 3. The molecule has 1 unspecified atom stereocenters. The van der Waals surface area contributed by atoms with E-state index >= 15 is 0 Å². The van der Waals surface area contributed by atoms with Crippen LogP contribution in [0.1, 0.15) is 33.6 Å². The van der Waals surface area contributed by atoms with E-state index in [1.807, 2.05) is 20.8 Å². The van der Waals surface area contributed by atoms with Gasteiger partial charge in [0, 0.05) is 32.7 Å². The molecule has 1 atom stereocenters. The van der Waals surface area contributed by atoms with Gasteiger partial charge in [-0.25, -0.2) is 4.79 Å². The number of urea groups is 1. The van der Waals surface area contributed by atoms with E-state index in [2.05, 4.69) is 5.32 Å². The summed E-state index contributed by atoms with van der Waals surface area (Å²) in [6, 6.07) is -0.275. The van der Waals surface area contributed by atoms with Crippen molar-refractivity contribution in [1.29, 1.82) is 0 Å². The summed E-state index contributed by atoms with van der Waals surface area (Å²) in [6.07, 6.45) is 0.535. The third-order valence-corrected chi connectivity index (χ3v) is 3.95. The van der Waals surface area contributed by atoms with Gasteiger partial charge in [0.2, 0.25) is 5.91 Å². The topological polar surface area (TPSA) is 90.0 Å². The van der Waals surface area contributed by atoms with Crippen molar-refractivity contribution < 1.29 is 19.5 Å². The summed E-state index contributed by atoms with van der Waals surface area (Å²) in [6.45, 7) is 6.61. The molecule has 21 heavy (non-hydrogen) atoms. The van der Waals surface area contributed by atoms with Gasteiger partial charge in [0.15, 0.2) is 0 Å². The number of aliphatic carboxylic acids is 1. The Hall–Kier alpha value is -1.79. The first-order valence-corrected chi connectivity index (χ1v) is 7.21. The number of carbonyl (C=O) groups excluding carboxylic acids is 2.